The summed E-state index contributed by atoms with van der Waals surface area (Å²) in [5.74, 6) is 0.740. The monoisotopic (exact) mass is 266 g/mol. The molecule has 4 heteroatoms. The normalized spacial score (nSPS) is 15.2. The Bertz CT molecular complexity index is 544. The van der Waals surface area contributed by atoms with E-state index in [4.69, 9.17) is 23.2 Å². The van der Waals surface area contributed by atoms with E-state index in [1.165, 1.54) is 18.4 Å². The lowest BCUT2D eigenvalue weighted by Crippen LogP contribution is -1.97. The van der Waals surface area contributed by atoms with Gasteiger partial charge in [0.15, 0.2) is 0 Å². The molecule has 1 aromatic carbocycles. The third-order valence-corrected chi connectivity index (χ3v) is 3.63. The molecule has 0 unspecified atom stereocenters. The van der Waals surface area contributed by atoms with Crippen molar-refractivity contribution in [3.63, 3.8) is 0 Å². The first-order chi connectivity index (χ1) is 8.22. The number of halogens is 2. The zero-order valence-corrected chi connectivity index (χ0v) is 10.7. The molecule has 88 valence electrons. The van der Waals surface area contributed by atoms with E-state index in [2.05, 4.69) is 23.2 Å². The quantitative estimate of drug-likeness (QED) is 0.818. The molecule has 0 atom stereocenters. The second-order valence-electron chi connectivity index (χ2n) is 4.49. The van der Waals surface area contributed by atoms with Gasteiger partial charge in [0.05, 0.1) is 12.9 Å². The van der Waals surface area contributed by atoms with E-state index in [1.54, 1.807) is 12.5 Å². The van der Waals surface area contributed by atoms with Gasteiger partial charge in [-0.2, -0.15) is 0 Å². The van der Waals surface area contributed by atoms with E-state index < -0.39 is 0 Å². The number of benzene rings is 1. The highest BCUT2D eigenvalue weighted by Gasteiger charge is 2.23. The largest absolute Gasteiger partial charge is 0.331 e. The summed E-state index contributed by atoms with van der Waals surface area (Å²) < 4.78 is 1.93. The second-order valence-corrected chi connectivity index (χ2v) is 5.29. The molecule has 0 radical (unpaired) electrons. The number of rotatable bonds is 3. The van der Waals surface area contributed by atoms with Crippen LogP contribution in [0.1, 0.15) is 29.9 Å². The molecule has 2 aromatic rings. The van der Waals surface area contributed by atoms with E-state index in [9.17, 15) is 0 Å². The number of nitrogens with zero attached hydrogens (tertiary/aromatic N) is 2. The van der Waals surface area contributed by atoms with Crippen LogP contribution in [-0.4, -0.2) is 9.55 Å². The summed E-state index contributed by atoms with van der Waals surface area (Å²) in [5.41, 5.74) is 2.47. The van der Waals surface area contributed by atoms with Gasteiger partial charge in [0, 0.05) is 11.2 Å². The van der Waals surface area contributed by atoms with Gasteiger partial charge in [-0.15, -0.1) is 0 Å². The van der Waals surface area contributed by atoms with E-state index in [0.29, 0.717) is 11.7 Å². The van der Waals surface area contributed by atoms with Gasteiger partial charge in [-0.25, -0.2) is 4.98 Å². The van der Waals surface area contributed by atoms with Crippen LogP contribution in [0, 0.1) is 0 Å². The molecule has 1 heterocycles. The molecule has 1 aliphatic rings. The highest BCUT2D eigenvalue weighted by Crippen LogP contribution is 2.41. The van der Waals surface area contributed by atoms with Gasteiger partial charge in [-0.05, 0) is 36.0 Å². The highest BCUT2D eigenvalue weighted by molar-refractivity contribution is 6.31. The van der Waals surface area contributed by atoms with E-state index in [1.807, 2.05) is 4.57 Å². The predicted octanol–water partition coefficient (Wildman–Crippen LogP) is 4.12. The van der Waals surface area contributed by atoms with Crippen molar-refractivity contribution in [2.75, 3.05) is 0 Å². The number of hydrogen-bond acceptors (Lipinski definition) is 1. The molecule has 0 saturated heterocycles. The summed E-state index contributed by atoms with van der Waals surface area (Å²) in [6.07, 6.45) is 6.11. The lowest BCUT2D eigenvalue weighted by molar-refractivity contribution is 0.797. The molecule has 0 bridgehead atoms. The first kappa shape index (κ1) is 11.1. The lowest BCUT2D eigenvalue weighted by Gasteiger charge is -2.07. The fourth-order valence-corrected chi connectivity index (χ4v) is 2.40. The van der Waals surface area contributed by atoms with Crippen molar-refractivity contribution in [3.8, 4) is 0 Å². The van der Waals surface area contributed by atoms with E-state index in [-0.39, 0.29) is 0 Å². The smallest absolute Gasteiger partial charge is 0.146 e. The van der Waals surface area contributed by atoms with Gasteiger partial charge in [0.25, 0.3) is 0 Å². The van der Waals surface area contributed by atoms with Crippen LogP contribution < -0.4 is 0 Å². The maximum absolute atomic E-state index is 6.29. The number of hydrogen-bond donors (Lipinski definition) is 0. The Balaban J connectivity index is 1.83. The maximum atomic E-state index is 6.29. The fraction of sp³-hybridized carbons (Fsp3) is 0.308. The Morgan fingerprint density at radius 3 is 2.71 bits per heavy atom. The number of imidazole rings is 1. The summed E-state index contributed by atoms with van der Waals surface area (Å²) in [4.78, 5) is 3.98. The molecule has 17 heavy (non-hydrogen) atoms. The van der Waals surface area contributed by atoms with Crippen molar-refractivity contribution < 1.29 is 0 Å². The topological polar surface area (TPSA) is 17.8 Å². The summed E-state index contributed by atoms with van der Waals surface area (Å²) in [5, 5.41) is 1.34. The van der Waals surface area contributed by atoms with Gasteiger partial charge in [-0.1, -0.05) is 35.3 Å². The summed E-state index contributed by atoms with van der Waals surface area (Å²) >= 11 is 12.1. The molecular formula is C13H12Cl2N2. The molecule has 2 nitrogen and oxygen atoms in total. The average molecular weight is 267 g/mol. The minimum Gasteiger partial charge on any atom is -0.331 e. The summed E-state index contributed by atoms with van der Waals surface area (Å²) in [6, 6.07) is 6.37. The maximum Gasteiger partial charge on any atom is 0.146 e. The average Bonchev–Trinajstić information content (AvgIpc) is 3.06. The molecule has 1 aromatic heterocycles. The van der Waals surface area contributed by atoms with Crippen LogP contribution in [0.5, 0.6) is 0 Å². The van der Waals surface area contributed by atoms with Crippen LogP contribution in [0.25, 0.3) is 0 Å². The highest BCUT2D eigenvalue weighted by atomic mass is 35.5. The van der Waals surface area contributed by atoms with Crippen LogP contribution >= 0.6 is 23.2 Å². The van der Waals surface area contributed by atoms with Crippen LogP contribution in [0.2, 0.25) is 10.2 Å². The SMILES string of the molecule is Clc1cn(Cc2ccc(C3CC3)cc2Cl)cn1. The van der Waals surface area contributed by atoms with Crippen molar-refractivity contribution in [3.05, 3.63) is 52.0 Å². The Hall–Kier alpha value is -0.990. The molecule has 0 aliphatic heterocycles. The Labute approximate surface area is 110 Å². The Morgan fingerprint density at radius 2 is 2.12 bits per heavy atom. The van der Waals surface area contributed by atoms with Gasteiger partial charge in [0.2, 0.25) is 0 Å². The standard InChI is InChI=1S/C13H12Cl2N2/c14-12-5-10(9-1-2-9)3-4-11(12)6-17-7-13(15)16-8-17/h3-5,7-9H,1-2,6H2. The van der Waals surface area contributed by atoms with Crippen LogP contribution in [0.4, 0.5) is 0 Å². The third kappa shape index (κ3) is 2.48. The molecule has 1 saturated carbocycles. The molecule has 0 amide bonds. The van der Waals surface area contributed by atoms with E-state index in [0.717, 1.165) is 16.5 Å². The molecular weight excluding hydrogens is 255 g/mol. The van der Waals surface area contributed by atoms with Crippen molar-refractivity contribution >= 4 is 23.2 Å². The summed E-state index contributed by atoms with van der Waals surface area (Å²) in [6.45, 7) is 0.712. The van der Waals surface area contributed by atoms with Gasteiger partial charge < -0.3 is 4.57 Å². The third-order valence-electron chi connectivity index (χ3n) is 3.08. The molecule has 0 N–H and O–H groups in total. The Kier molecular flexibility index (Phi) is 2.85. The van der Waals surface area contributed by atoms with Gasteiger partial charge in [0.1, 0.15) is 5.15 Å². The van der Waals surface area contributed by atoms with Gasteiger partial charge >= 0.3 is 0 Å². The Morgan fingerprint density at radius 1 is 1.29 bits per heavy atom. The summed E-state index contributed by atoms with van der Waals surface area (Å²) in [7, 11) is 0. The van der Waals surface area contributed by atoms with Crippen LogP contribution in [0.3, 0.4) is 0 Å². The van der Waals surface area contributed by atoms with Crippen molar-refractivity contribution in [2.24, 2.45) is 0 Å². The van der Waals surface area contributed by atoms with E-state index >= 15 is 0 Å². The van der Waals surface area contributed by atoms with Gasteiger partial charge in [-0.3, -0.25) is 0 Å². The molecule has 3 rings (SSSR count). The number of aromatic nitrogens is 2. The second kappa shape index (κ2) is 4.35. The van der Waals surface area contributed by atoms with Crippen molar-refractivity contribution in [1.29, 1.82) is 0 Å². The first-order valence-electron chi connectivity index (χ1n) is 5.68. The zero-order chi connectivity index (χ0) is 11.8. The lowest BCUT2D eigenvalue weighted by atomic mass is 10.1. The van der Waals surface area contributed by atoms with Crippen LogP contribution in [-0.2, 0) is 6.54 Å². The van der Waals surface area contributed by atoms with Crippen molar-refractivity contribution in [2.45, 2.75) is 25.3 Å². The molecule has 1 fully saturated rings. The van der Waals surface area contributed by atoms with Crippen molar-refractivity contribution in [1.82, 2.24) is 9.55 Å². The minimum atomic E-state index is 0.510. The molecule has 1 aliphatic carbocycles. The fourth-order valence-electron chi connectivity index (χ4n) is 1.98. The first-order valence-corrected chi connectivity index (χ1v) is 6.43. The zero-order valence-electron chi connectivity index (χ0n) is 9.24. The minimum absolute atomic E-state index is 0.510. The predicted molar refractivity (Wildman–Crippen MR) is 69.8 cm³/mol. The molecule has 0 spiro atoms. The van der Waals surface area contributed by atoms with Crippen LogP contribution in [0.15, 0.2) is 30.7 Å².